The molecule has 8 heteroatoms. The second kappa shape index (κ2) is 8.69. The minimum absolute atomic E-state index is 0. The molecule has 166 valence electrons. The van der Waals surface area contributed by atoms with Gasteiger partial charge in [0.1, 0.15) is 29.3 Å². The van der Waals surface area contributed by atoms with Crippen LogP contribution in [0.1, 0.15) is 0 Å². The number of hydrogen-bond donors (Lipinski definition) is 1. The Balaban J connectivity index is 0.00000231. The van der Waals surface area contributed by atoms with Crippen molar-refractivity contribution >= 4 is 16.6 Å². The van der Waals surface area contributed by atoms with E-state index in [9.17, 15) is 0 Å². The van der Waals surface area contributed by atoms with Crippen LogP contribution in [0.5, 0.6) is 11.5 Å². The molecule has 0 saturated carbocycles. The summed E-state index contributed by atoms with van der Waals surface area (Å²) in [6.45, 7) is 2.74. The zero-order valence-electron chi connectivity index (χ0n) is 17.0. The summed E-state index contributed by atoms with van der Waals surface area (Å²) in [5.41, 5.74) is 3.41. The monoisotopic (exact) mass is 660 g/mol. The number of rotatable bonds is 7. The fraction of sp³-hybridized carbons (Fsp3) is 0.261. The summed E-state index contributed by atoms with van der Waals surface area (Å²) in [4.78, 5) is 9.46. The zero-order valence-corrected chi connectivity index (χ0v) is 19.4. The van der Waals surface area contributed by atoms with Gasteiger partial charge in [0, 0.05) is 31.3 Å². The number of ether oxygens (including phenoxy) is 3. The van der Waals surface area contributed by atoms with Crippen LogP contribution in [-0.2, 0) is 4.74 Å². The number of nitrogens with zero attached hydrogens (tertiary/aromatic N) is 3. The second-order valence-electron chi connectivity index (χ2n) is 7.15. The van der Waals surface area contributed by atoms with Gasteiger partial charge in [0.2, 0.25) is 0 Å². The minimum atomic E-state index is 0. The molecule has 31 heavy (non-hydrogen) atoms. The summed E-state index contributed by atoms with van der Waals surface area (Å²) in [5, 5.41) is 4.33. The van der Waals surface area contributed by atoms with Crippen molar-refractivity contribution in [1.29, 1.82) is 0 Å². The molecule has 1 aromatic carbocycles. The van der Waals surface area contributed by atoms with Crippen LogP contribution in [0.2, 0.25) is 0 Å². The van der Waals surface area contributed by atoms with Crippen LogP contribution in [-0.4, -0.2) is 53.9 Å². The first-order valence-electron chi connectivity index (χ1n) is 10.0. The quantitative estimate of drug-likeness (QED) is 0.243. The van der Waals surface area contributed by atoms with Gasteiger partial charge in [0.15, 0.2) is 0 Å². The van der Waals surface area contributed by atoms with Gasteiger partial charge in [-0.3, -0.25) is 10.8 Å². The van der Waals surface area contributed by atoms with Crippen molar-refractivity contribution in [2.75, 3.05) is 33.4 Å². The van der Waals surface area contributed by atoms with Gasteiger partial charge in [-0.25, -0.2) is 9.97 Å². The van der Waals surface area contributed by atoms with Gasteiger partial charge in [0.05, 0.1) is 24.2 Å². The number of fused-ring (bicyclic) bond motifs is 2. The van der Waals surface area contributed by atoms with Crippen molar-refractivity contribution in [2.24, 2.45) is 0 Å². The van der Waals surface area contributed by atoms with Gasteiger partial charge >= 0.3 is 0 Å². The number of methoxy groups -OCH3 is 1. The van der Waals surface area contributed by atoms with Crippen molar-refractivity contribution in [1.82, 2.24) is 19.7 Å². The normalized spacial score (nSPS) is 15.8. The Hall–Kier alpha value is -4.16. The Kier molecular flexibility index (Phi) is 5.64. The topological polar surface area (TPSA) is 69.9 Å². The molecule has 0 aliphatic carbocycles. The SMILES string of the molecule is COCCOc1ccn2c(-c3ccc4cccc(OC5[CH-]CNC5)c4n3)cnc2c1.[Fm]. The number of aromatic nitrogens is 3. The van der Waals surface area contributed by atoms with Crippen molar-refractivity contribution in [3.05, 3.63) is 61.3 Å². The van der Waals surface area contributed by atoms with E-state index in [1.54, 1.807) is 7.11 Å². The van der Waals surface area contributed by atoms with Crippen molar-refractivity contribution in [2.45, 2.75) is 6.10 Å². The molecule has 1 aliphatic rings. The number of para-hydroxylation sites is 1. The molecule has 0 amide bonds. The number of benzene rings is 1. The summed E-state index contributed by atoms with van der Waals surface area (Å²) in [7, 11) is 1.66. The molecule has 1 fully saturated rings. The Morgan fingerprint density at radius 1 is 1.19 bits per heavy atom. The first kappa shape index (κ1) is 20.1. The molecular formula is C23H23FmN4O3-. The third-order valence-corrected chi connectivity index (χ3v) is 5.14. The first-order valence-corrected chi connectivity index (χ1v) is 10.0. The number of pyridine rings is 2. The van der Waals surface area contributed by atoms with E-state index in [0.29, 0.717) is 13.2 Å². The maximum atomic E-state index is 6.18. The Bertz CT molecular complexity index is 1170. The number of nitrogens with one attached hydrogen (secondary N) is 1. The van der Waals surface area contributed by atoms with Crippen LogP contribution in [0.4, 0.5) is 0 Å². The summed E-state index contributed by atoms with van der Waals surface area (Å²) in [5.74, 6) is 1.56. The fourth-order valence-corrected chi connectivity index (χ4v) is 3.62. The Morgan fingerprint density at radius 2 is 2.13 bits per heavy atom. The molecule has 0 spiro atoms. The van der Waals surface area contributed by atoms with Crippen LogP contribution in [0, 0.1) is 6.42 Å². The summed E-state index contributed by atoms with van der Waals surface area (Å²) < 4.78 is 18.9. The molecule has 0 radical (unpaired) electrons. The zero-order chi connectivity index (χ0) is 20.3. The maximum absolute atomic E-state index is 6.18. The van der Waals surface area contributed by atoms with E-state index in [4.69, 9.17) is 19.2 Å². The predicted molar refractivity (Wildman–Crippen MR) is 115 cm³/mol. The van der Waals surface area contributed by atoms with E-state index in [0.717, 1.165) is 52.5 Å². The smallest absolute Gasteiger partial charge is 0.142 e. The van der Waals surface area contributed by atoms with Crippen molar-refractivity contribution in [3.8, 4) is 22.9 Å². The second-order valence-corrected chi connectivity index (χ2v) is 7.15. The molecule has 4 aromatic rings. The van der Waals surface area contributed by atoms with Gasteiger partial charge in [-0.05, 0) is 24.3 Å². The first-order chi connectivity index (χ1) is 14.8. The minimum Gasteiger partial charge on any atom is -0.518 e. The average molecular weight is 660 g/mol. The third kappa shape index (κ3) is 3.97. The summed E-state index contributed by atoms with van der Waals surface area (Å²) in [6.07, 6.45) is 5.99. The largest absolute Gasteiger partial charge is 0.518 e. The fourth-order valence-electron chi connectivity index (χ4n) is 3.62. The average Bonchev–Trinajstić information content (AvgIpc) is 3.43. The van der Waals surface area contributed by atoms with Crippen LogP contribution in [0.15, 0.2) is 54.9 Å². The van der Waals surface area contributed by atoms with Crippen LogP contribution in [0.3, 0.4) is 0 Å². The molecule has 4 heterocycles. The summed E-state index contributed by atoms with van der Waals surface area (Å²) in [6, 6.07) is 14.0. The predicted octanol–water partition coefficient (Wildman–Crippen LogP) is 3.13. The van der Waals surface area contributed by atoms with Gasteiger partial charge in [-0.1, -0.05) is 18.2 Å². The standard InChI is InChI=1S/C23H23N4O3.Fm/c1-28-11-12-29-17-8-10-27-20(15-25-22(27)13-17)19-6-5-16-3-2-4-21(23(16)26-19)30-18-7-9-24-14-18;/h2-8,10,13,15,18,24H,9,11-12,14H2,1H3;/q-1;. The molecule has 5 rings (SSSR count). The van der Waals surface area contributed by atoms with E-state index in [2.05, 4.69) is 22.8 Å². The van der Waals surface area contributed by atoms with E-state index in [1.807, 2.05) is 53.2 Å². The van der Waals surface area contributed by atoms with Crippen molar-refractivity contribution < 1.29 is 14.2 Å². The molecule has 1 N–H and O–H groups in total. The molecule has 3 aromatic heterocycles. The van der Waals surface area contributed by atoms with Crippen LogP contribution >= 0.6 is 0 Å². The van der Waals surface area contributed by atoms with Crippen molar-refractivity contribution in [3.63, 3.8) is 0 Å². The molecule has 1 unspecified atom stereocenters. The van der Waals surface area contributed by atoms with Crippen LogP contribution < -0.4 is 14.8 Å². The van der Waals surface area contributed by atoms with Gasteiger partial charge < -0.3 is 19.5 Å². The third-order valence-electron chi connectivity index (χ3n) is 5.14. The van der Waals surface area contributed by atoms with E-state index < -0.39 is 0 Å². The Morgan fingerprint density at radius 3 is 2.97 bits per heavy atom. The molecule has 1 atom stereocenters. The summed E-state index contributed by atoms with van der Waals surface area (Å²) >= 11 is 0. The van der Waals surface area contributed by atoms with E-state index in [-0.39, 0.29) is 6.10 Å². The number of hydrogen-bond acceptors (Lipinski definition) is 6. The Labute approximate surface area is 174 Å². The maximum Gasteiger partial charge on any atom is 0.142 e. The van der Waals surface area contributed by atoms with Gasteiger partial charge in [-0.15, -0.1) is 6.54 Å². The molecule has 1 aliphatic heterocycles. The molecule has 7 nitrogen and oxygen atoms in total. The molecule has 0 bridgehead atoms. The van der Waals surface area contributed by atoms with Gasteiger partial charge in [0.25, 0.3) is 0 Å². The van der Waals surface area contributed by atoms with Gasteiger partial charge in [-0.2, -0.15) is 0 Å². The van der Waals surface area contributed by atoms with E-state index >= 15 is 0 Å². The molecular weight excluding hydrogens is 637 g/mol. The van der Waals surface area contributed by atoms with Crippen LogP contribution in [0.25, 0.3) is 27.9 Å². The number of imidazole rings is 1. The van der Waals surface area contributed by atoms with E-state index in [1.165, 1.54) is 0 Å². The molecule has 1 saturated heterocycles.